The third-order valence-electron chi connectivity index (χ3n) is 4.96. The van der Waals surface area contributed by atoms with E-state index < -0.39 is 58.4 Å². The second-order valence-corrected chi connectivity index (χ2v) is 13.0. The van der Waals surface area contributed by atoms with E-state index in [0.717, 1.165) is 18.2 Å². The lowest BCUT2D eigenvalue weighted by Crippen LogP contribution is -2.66. The predicted octanol–water partition coefficient (Wildman–Crippen LogP) is 1.62. The molecule has 1 fully saturated rings. The molecule has 12 heteroatoms. The van der Waals surface area contributed by atoms with Crippen molar-refractivity contribution in [2.75, 3.05) is 25.9 Å². The minimum atomic E-state index is -4.15. The number of sulfone groups is 1. The molecule has 0 saturated carbocycles. The number of nitro groups is 1. The van der Waals surface area contributed by atoms with E-state index in [1.807, 2.05) is 6.07 Å². The number of nitrogens with one attached hydrogen (secondary N) is 1. The number of nitrogens with zero attached hydrogens (tertiary/aromatic N) is 3. The van der Waals surface area contributed by atoms with Gasteiger partial charge in [-0.25, -0.2) is 12.8 Å². The number of likely N-dealkylation sites (tertiary alicyclic amines) is 1. The van der Waals surface area contributed by atoms with Crippen molar-refractivity contribution in [3.63, 3.8) is 0 Å². The van der Waals surface area contributed by atoms with Gasteiger partial charge in [0.1, 0.15) is 16.1 Å². The van der Waals surface area contributed by atoms with Crippen LogP contribution in [0.5, 0.6) is 0 Å². The molecule has 1 saturated heterocycles. The maximum atomic E-state index is 14.8. The Morgan fingerprint density at radius 1 is 1.37 bits per heavy atom. The quantitative estimate of drug-likeness (QED) is 0.368. The molecule has 0 amide bonds. The average molecular weight is 461 g/mol. The average Bonchev–Trinajstić information content (AvgIpc) is 2.57. The molecule has 166 valence electrons. The van der Waals surface area contributed by atoms with Gasteiger partial charge >= 0.3 is 0 Å². The fraction of sp³-hybridized carbons (Fsp3) is 0.611. The van der Waals surface area contributed by atoms with Crippen LogP contribution in [-0.2, 0) is 26.7 Å². The lowest BCUT2D eigenvalue weighted by molar-refractivity contribution is -0.385. The third kappa shape index (κ3) is 4.60. The van der Waals surface area contributed by atoms with Crippen molar-refractivity contribution in [2.45, 2.75) is 42.7 Å². The van der Waals surface area contributed by atoms with Gasteiger partial charge in [0.25, 0.3) is 5.69 Å². The zero-order valence-corrected chi connectivity index (χ0v) is 19.1. The van der Waals surface area contributed by atoms with Crippen LogP contribution in [0, 0.1) is 27.3 Å². The standard InChI is InChI=1S/C18H25FN4O5S2/c1-16(2,3)29(26)21-17(4,14-8-13(23(24)25)6-7-15(14)19)12-30(27,28)18(9-20)10-22(5)11-18/h6-8,21H,10-12H2,1-5H3/t17-,29?/m0/s1. The van der Waals surface area contributed by atoms with Crippen molar-refractivity contribution in [1.29, 1.82) is 5.26 Å². The van der Waals surface area contributed by atoms with Gasteiger partial charge in [-0.2, -0.15) is 5.26 Å². The van der Waals surface area contributed by atoms with E-state index in [-0.39, 0.29) is 18.7 Å². The maximum absolute atomic E-state index is 14.8. The second-order valence-electron chi connectivity index (χ2n) is 8.77. The molecule has 1 heterocycles. The van der Waals surface area contributed by atoms with Crippen LogP contribution >= 0.6 is 0 Å². The summed E-state index contributed by atoms with van der Waals surface area (Å²) in [5.74, 6) is -1.64. The first-order valence-electron chi connectivity index (χ1n) is 9.03. The number of non-ortho nitro benzene ring substituents is 1. The Morgan fingerprint density at radius 2 is 1.93 bits per heavy atom. The first-order valence-corrected chi connectivity index (χ1v) is 11.8. The second kappa shape index (κ2) is 8.05. The zero-order chi connectivity index (χ0) is 23.1. The minimum Gasteiger partial charge on any atom is -0.598 e. The van der Waals surface area contributed by atoms with Crippen molar-refractivity contribution in [1.82, 2.24) is 9.62 Å². The van der Waals surface area contributed by atoms with E-state index in [9.17, 15) is 32.7 Å². The summed E-state index contributed by atoms with van der Waals surface area (Å²) in [6.07, 6.45) is 0. The van der Waals surface area contributed by atoms with Crippen molar-refractivity contribution in [2.24, 2.45) is 0 Å². The van der Waals surface area contributed by atoms with Crippen molar-refractivity contribution < 1.29 is 22.3 Å². The Kier molecular flexibility index (Phi) is 6.57. The van der Waals surface area contributed by atoms with Crippen LogP contribution in [0.25, 0.3) is 0 Å². The van der Waals surface area contributed by atoms with Crippen LogP contribution in [0.1, 0.15) is 33.3 Å². The van der Waals surface area contributed by atoms with E-state index in [4.69, 9.17) is 0 Å². The number of rotatable bonds is 7. The summed E-state index contributed by atoms with van der Waals surface area (Å²) in [5.41, 5.74) is -2.53. The van der Waals surface area contributed by atoms with Gasteiger partial charge < -0.3 is 9.45 Å². The Labute approximate surface area is 178 Å². The highest BCUT2D eigenvalue weighted by Crippen LogP contribution is 2.36. The molecule has 1 unspecified atom stereocenters. The number of nitro benzene ring substituents is 1. The van der Waals surface area contributed by atoms with Gasteiger partial charge in [0.2, 0.25) is 0 Å². The van der Waals surface area contributed by atoms with Gasteiger partial charge in [0, 0.05) is 42.1 Å². The molecule has 2 atom stereocenters. The van der Waals surface area contributed by atoms with Gasteiger partial charge in [-0.1, -0.05) is 0 Å². The van der Waals surface area contributed by atoms with Crippen LogP contribution in [-0.4, -0.2) is 58.2 Å². The maximum Gasteiger partial charge on any atom is 0.269 e. The molecule has 1 aliphatic rings. The summed E-state index contributed by atoms with van der Waals surface area (Å²) in [6.45, 7) is 6.23. The van der Waals surface area contributed by atoms with Crippen molar-refractivity contribution in [3.8, 4) is 6.07 Å². The molecule has 0 radical (unpaired) electrons. The molecule has 0 aromatic heterocycles. The third-order valence-corrected chi connectivity index (χ3v) is 9.20. The highest BCUT2D eigenvalue weighted by molar-refractivity contribution is 7.93. The van der Waals surface area contributed by atoms with Gasteiger partial charge in [-0.05, 0) is 40.8 Å². The molecular weight excluding hydrogens is 435 g/mol. The Hall–Kier alpha value is -1.78. The topological polar surface area (TPSA) is 139 Å². The molecule has 0 spiro atoms. The van der Waals surface area contributed by atoms with E-state index in [2.05, 4.69) is 4.72 Å². The Balaban J connectivity index is 2.60. The molecule has 1 aromatic rings. The van der Waals surface area contributed by atoms with E-state index in [1.165, 1.54) is 6.92 Å². The minimum absolute atomic E-state index is 0.0122. The molecular formula is C18H25FN4O5S2. The van der Waals surface area contributed by atoms with E-state index in [1.54, 1.807) is 32.7 Å². The number of hydrogen-bond donors (Lipinski definition) is 1. The predicted molar refractivity (Wildman–Crippen MR) is 111 cm³/mol. The number of hydrogen-bond acceptors (Lipinski definition) is 8. The van der Waals surface area contributed by atoms with Gasteiger partial charge in [0.05, 0.1) is 16.7 Å². The Bertz CT molecular complexity index is 983. The number of benzene rings is 1. The molecule has 2 rings (SSSR count). The summed E-state index contributed by atoms with van der Waals surface area (Å²) in [7, 11) is -2.49. The lowest BCUT2D eigenvalue weighted by atomic mass is 9.94. The van der Waals surface area contributed by atoms with Gasteiger partial charge in [-0.15, -0.1) is 4.72 Å². The first-order chi connectivity index (χ1) is 13.6. The monoisotopic (exact) mass is 460 g/mol. The molecule has 30 heavy (non-hydrogen) atoms. The summed E-state index contributed by atoms with van der Waals surface area (Å²) in [4.78, 5) is 12.1. The normalized spacial score (nSPS) is 19.9. The van der Waals surface area contributed by atoms with Crippen molar-refractivity contribution >= 4 is 26.9 Å². The van der Waals surface area contributed by atoms with Crippen molar-refractivity contribution in [3.05, 3.63) is 39.7 Å². The SMILES string of the molecule is CN1CC(C#N)(S(=O)(=O)C[C@](C)(N[S+]([O-])C(C)(C)C)c2cc([N+](=O)[O-])ccc2F)C1. The molecule has 9 nitrogen and oxygen atoms in total. The van der Waals surface area contributed by atoms with Crippen LogP contribution in [0.3, 0.4) is 0 Å². The molecule has 1 aromatic carbocycles. The molecule has 0 bridgehead atoms. The fourth-order valence-corrected chi connectivity index (χ4v) is 6.48. The summed E-state index contributed by atoms with van der Waals surface area (Å²) in [6, 6.07) is 4.62. The largest absolute Gasteiger partial charge is 0.598 e. The first kappa shape index (κ1) is 24.5. The Morgan fingerprint density at radius 3 is 2.37 bits per heavy atom. The zero-order valence-electron chi connectivity index (χ0n) is 17.4. The van der Waals surface area contributed by atoms with Crippen LogP contribution in [0.15, 0.2) is 18.2 Å². The highest BCUT2D eigenvalue weighted by atomic mass is 32.2. The van der Waals surface area contributed by atoms with E-state index >= 15 is 0 Å². The number of nitriles is 1. The van der Waals surface area contributed by atoms with Crippen LogP contribution in [0.4, 0.5) is 10.1 Å². The fourth-order valence-electron chi connectivity index (χ4n) is 3.25. The summed E-state index contributed by atoms with van der Waals surface area (Å²) in [5, 5.41) is 20.7. The molecule has 1 N–H and O–H groups in total. The van der Waals surface area contributed by atoms with E-state index in [0.29, 0.717) is 0 Å². The smallest absolute Gasteiger partial charge is 0.269 e. The number of halogens is 1. The van der Waals surface area contributed by atoms with Gasteiger partial charge in [-0.3, -0.25) is 10.1 Å². The highest BCUT2D eigenvalue weighted by Gasteiger charge is 2.56. The van der Waals surface area contributed by atoms with Crippen LogP contribution in [0.2, 0.25) is 0 Å². The van der Waals surface area contributed by atoms with Crippen LogP contribution < -0.4 is 4.72 Å². The lowest BCUT2D eigenvalue weighted by Gasteiger charge is -2.44. The van der Waals surface area contributed by atoms with Gasteiger partial charge in [0.15, 0.2) is 14.6 Å². The summed E-state index contributed by atoms with van der Waals surface area (Å²) < 4.78 is 54.2. The molecule has 1 aliphatic heterocycles. The molecule has 0 aliphatic carbocycles. The summed E-state index contributed by atoms with van der Waals surface area (Å²) >= 11 is -1.83.